The summed E-state index contributed by atoms with van der Waals surface area (Å²) in [6, 6.07) is 11.9. The molecular formula is C14H12BrClIN. The Morgan fingerprint density at radius 2 is 1.94 bits per heavy atom. The van der Waals surface area contributed by atoms with E-state index >= 15 is 0 Å². The lowest BCUT2D eigenvalue weighted by atomic mass is 9.99. The van der Waals surface area contributed by atoms with E-state index < -0.39 is 0 Å². The number of benzene rings is 2. The highest BCUT2D eigenvalue weighted by Gasteiger charge is 2.13. The summed E-state index contributed by atoms with van der Waals surface area (Å²) in [5.41, 5.74) is 9.52. The monoisotopic (exact) mass is 435 g/mol. The summed E-state index contributed by atoms with van der Waals surface area (Å²) in [5.74, 6) is 0. The molecule has 94 valence electrons. The Bertz CT molecular complexity index is 586. The number of hydrogen-bond donors (Lipinski definition) is 1. The summed E-state index contributed by atoms with van der Waals surface area (Å²) in [4.78, 5) is 0. The molecule has 2 aromatic rings. The molecule has 2 N–H and O–H groups in total. The van der Waals surface area contributed by atoms with Gasteiger partial charge in [-0.2, -0.15) is 0 Å². The van der Waals surface area contributed by atoms with Crippen LogP contribution in [0.3, 0.4) is 0 Å². The van der Waals surface area contributed by atoms with Crippen molar-refractivity contribution in [3.63, 3.8) is 0 Å². The molecule has 1 nitrogen and oxygen atoms in total. The predicted octanol–water partition coefficient (Wildman–Crippen LogP) is 5.06. The van der Waals surface area contributed by atoms with Crippen molar-refractivity contribution in [2.45, 2.75) is 13.0 Å². The molecule has 0 aliphatic rings. The van der Waals surface area contributed by atoms with Crippen molar-refractivity contribution < 1.29 is 0 Å². The van der Waals surface area contributed by atoms with Crippen molar-refractivity contribution in [1.29, 1.82) is 0 Å². The van der Waals surface area contributed by atoms with Crippen LogP contribution in [0.4, 0.5) is 0 Å². The molecule has 0 aliphatic heterocycles. The number of rotatable bonds is 2. The number of hydrogen-bond acceptors (Lipinski definition) is 1. The van der Waals surface area contributed by atoms with Crippen molar-refractivity contribution in [3.8, 4) is 0 Å². The van der Waals surface area contributed by atoms with Crippen molar-refractivity contribution >= 4 is 50.1 Å². The molecule has 2 aromatic carbocycles. The summed E-state index contributed by atoms with van der Waals surface area (Å²) in [6.45, 7) is 1.99. The molecule has 0 saturated heterocycles. The van der Waals surface area contributed by atoms with Crippen LogP contribution in [-0.4, -0.2) is 0 Å². The molecule has 0 aromatic heterocycles. The quantitative estimate of drug-likeness (QED) is 0.654. The molecule has 0 amide bonds. The number of halogens is 3. The first kappa shape index (κ1) is 14.3. The highest BCUT2D eigenvalue weighted by molar-refractivity contribution is 14.1. The predicted molar refractivity (Wildman–Crippen MR) is 89.1 cm³/mol. The Kier molecular flexibility index (Phi) is 4.69. The molecule has 1 atom stereocenters. The molecule has 0 aliphatic carbocycles. The van der Waals surface area contributed by atoms with E-state index in [1.165, 1.54) is 0 Å². The Balaban J connectivity index is 2.44. The Morgan fingerprint density at radius 1 is 1.22 bits per heavy atom. The highest BCUT2D eigenvalue weighted by Crippen LogP contribution is 2.29. The topological polar surface area (TPSA) is 26.0 Å². The van der Waals surface area contributed by atoms with E-state index in [-0.39, 0.29) is 6.04 Å². The van der Waals surface area contributed by atoms with Gasteiger partial charge in [0.1, 0.15) is 0 Å². The third-order valence-corrected chi connectivity index (χ3v) is 4.73. The smallest absolute Gasteiger partial charge is 0.0563 e. The molecule has 0 bridgehead atoms. The van der Waals surface area contributed by atoms with Gasteiger partial charge in [0.15, 0.2) is 0 Å². The van der Waals surface area contributed by atoms with E-state index in [2.05, 4.69) is 50.7 Å². The third kappa shape index (κ3) is 3.07. The van der Waals surface area contributed by atoms with Crippen molar-refractivity contribution in [2.75, 3.05) is 0 Å². The molecule has 0 radical (unpaired) electrons. The van der Waals surface area contributed by atoms with Gasteiger partial charge in [-0.1, -0.05) is 39.7 Å². The normalized spacial score (nSPS) is 12.5. The molecule has 18 heavy (non-hydrogen) atoms. The van der Waals surface area contributed by atoms with E-state index in [0.717, 1.165) is 29.8 Å². The Morgan fingerprint density at radius 3 is 2.61 bits per heavy atom. The zero-order valence-corrected chi connectivity index (χ0v) is 14.3. The molecule has 0 spiro atoms. The van der Waals surface area contributed by atoms with Gasteiger partial charge in [0.2, 0.25) is 0 Å². The van der Waals surface area contributed by atoms with Crippen LogP contribution in [0.1, 0.15) is 22.7 Å². The van der Waals surface area contributed by atoms with E-state index in [0.29, 0.717) is 0 Å². The van der Waals surface area contributed by atoms with Crippen molar-refractivity contribution in [3.05, 3.63) is 66.2 Å². The average Bonchev–Trinajstić information content (AvgIpc) is 2.35. The summed E-state index contributed by atoms with van der Waals surface area (Å²) in [7, 11) is 0. The van der Waals surface area contributed by atoms with Crippen LogP contribution in [-0.2, 0) is 0 Å². The minimum atomic E-state index is -0.160. The maximum absolute atomic E-state index is 6.32. The lowest BCUT2D eigenvalue weighted by Crippen LogP contribution is -2.13. The van der Waals surface area contributed by atoms with Gasteiger partial charge >= 0.3 is 0 Å². The fourth-order valence-corrected chi connectivity index (χ4v) is 2.97. The van der Waals surface area contributed by atoms with Crippen LogP contribution in [0.25, 0.3) is 0 Å². The van der Waals surface area contributed by atoms with Crippen LogP contribution >= 0.6 is 50.1 Å². The van der Waals surface area contributed by atoms with Gasteiger partial charge < -0.3 is 5.73 Å². The molecule has 0 fully saturated rings. The minimum Gasteiger partial charge on any atom is -0.320 e. The average molecular weight is 437 g/mol. The Labute approximate surface area is 134 Å². The standard InChI is InChI=1S/C14H12BrClIN/c1-8-2-3-9(6-12(8)16)14(18)11-7-10(15)4-5-13(11)17/h2-7,14H,18H2,1H3. The van der Waals surface area contributed by atoms with Gasteiger partial charge in [0, 0.05) is 13.1 Å². The molecule has 0 heterocycles. The fourth-order valence-electron chi connectivity index (χ4n) is 1.74. The Hall–Kier alpha value is -0.100. The second-order valence-corrected chi connectivity index (χ2v) is 6.64. The fraction of sp³-hybridized carbons (Fsp3) is 0.143. The van der Waals surface area contributed by atoms with E-state index in [4.69, 9.17) is 17.3 Å². The molecule has 1 unspecified atom stereocenters. The van der Waals surface area contributed by atoms with E-state index in [9.17, 15) is 0 Å². The first-order chi connectivity index (χ1) is 8.49. The molecule has 4 heteroatoms. The third-order valence-electron chi connectivity index (χ3n) is 2.85. The van der Waals surface area contributed by atoms with Crippen molar-refractivity contribution in [1.82, 2.24) is 0 Å². The maximum atomic E-state index is 6.32. The van der Waals surface area contributed by atoms with Gasteiger partial charge in [0.05, 0.1) is 6.04 Å². The van der Waals surface area contributed by atoms with Gasteiger partial charge in [0.25, 0.3) is 0 Å². The number of aryl methyl sites for hydroxylation is 1. The first-order valence-corrected chi connectivity index (χ1v) is 7.70. The van der Waals surface area contributed by atoms with Gasteiger partial charge in [-0.3, -0.25) is 0 Å². The van der Waals surface area contributed by atoms with Crippen LogP contribution in [0.5, 0.6) is 0 Å². The second kappa shape index (κ2) is 5.90. The molecule has 0 saturated carbocycles. The summed E-state index contributed by atoms with van der Waals surface area (Å²) in [6.07, 6.45) is 0. The zero-order chi connectivity index (χ0) is 13.3. The van der Waals surface area contributed by atoms with E-state index in [1.54, 1.807) is 0 Å². The van der Waals surface area contributed by atoms with Gasteiger partial charge in [-0.05, 0) is 70.5 Å². The van der Waals surface area contributed by atoms with Crippen LogP contribution in [0.15, 0.2) is 40.9 Å². The van der Waals surface area contributed by atoms with Crippen LogP contribution in [0.2, 0.25) is 5.02 Å². The first-order valence-electron chi connectivity index (χ1n) is 5.45. The second-order valence-electron chi connectivity index (χ2n) is 4.15. The highest BCUT2D eigenvalue weighted by atomic mass is 127. The largest absolute Gasteiger partial charge is 0.320 e. The minimum absolute atomic E-state index is 0.160. The van der Waals surface area contributed by atoms with Crippen LogP contribution < -0.4 is 5.73 Å². The lowest BCUT2D eigenvalue weighted by Gasteiger charge is -2.15. The van der Waals surface area contributed by atoms with Gasteiger partial charge in [-0.25, -0.2) is 0 Å². The van der Waals surface area contributed by atoms with Crippen LogP contribution in [0, 0.1) is 10.5 Å². The van der Waals surface area contributed by atoms with E-state index in [1.807, 2.05) is 31.2 Å². The van der Waals surface area contributed by atoms with Gasteiger partial charge in [-0.15, -0.1) is 0 Å². The summed E-state index contributed by atoms with van der Waals surface area (Å²) >= 11 is 11.9. The summed E-state index contributed by atoms with van der Waals surface area (Å²) < 4.78 is 2.19. The SMILES string of the molecule is Cc1ccc(C(N)c2cc(Br)ccc2I)cc1Cl. The zero-order valence-electron chi connectivity index (χ0n) is 9.75. The lowest BCUT2D eigenvalue weighted by molar-refractivity contribution is 0.863. The molecule has 2 rings (SSSR count). The molecular weight excluding hydrogens is 424 g/mol. The van der Waals surface area contributed by atoms with Crippen molar-refractivity contribution in [2.24, 2.45) is 5.73 Å². The number of nitrogens with two attached hydrogens (primary N) is 1. The maximum Gasteiger partial charge on any atom is 0.0563 e. The summed E-state index contributed by atoms with van der Waals surface area (Å²) in [5, 5.41) is 0.757.